The maximum absolute atomic E-state index is 14.1. The Hall–Kier alpha value is -3.04. The summed E-state index contributed by atoms with van der Waals surface area (Å²) < 4.78 is 5.91. The van der Waals surface area contributed by atoms with Crippen LogP contribution in [-0.2, 0) is 9.59 Å². The van der Waals surface area contributed by atoms with E-state index in [2.05, 4.69) is 16.2 Å². The number of carbonyl (C=O) groups excluding carboxylic acids is 2. The molecule has 0 spiro atoms. The van der Waals surface area contributed by atoms with Gasteiger partial charge in [-0.3, -0.25) is 19.5 Å². The number of anilines is 2. The number of hydrogen-bond donors (Lipinski definition) is 1. The summed E-state index contributed by atoms with van der Waals surface area (Å²) in [7, 11) is 0. The fourth-order valence-corrected chi connectivity index (χ4v) is 7.76. The van der Waals surface area contributed by atoms with Crippen LogP contribution in [0.5, 0.6) is 5.75 Å². The van der Waals surface area contributed by atoms with Crippen LogP contribution in [0.3, 0.4) is 0 Å². The van der Waals surface area contributed by atoms with Gasteiger partial charge in [-0.2, -0.15) is 0 Å². The molecule has 5 saturated carbocycles. The first kappa shape index (κ1) is 24.3. The van der Waals surface area contributed by atoms with Gasteiger partial charge in [0, 0.05) is 17.3 Å². The van der Waals surface area contributed by atoms with Crippen LogP contribution in [0.25, 0.3) is 0 Å². The highest BCUT2D eigenvalue weighted by Crippen LogP contribution is 2.62. The summed E-state index contributed by atoms with van der Waals surface area (Å²) in [5.41, 5.74) is 0.784. The number of carbonyl (C=O) groups is 2. The first-order chi connectivity index (χ1) is 17.9. The van der Waals surface area contributed by atoms with Crippen LogP contribution < -0.4 is 15.0 Å². The van der Waals surface area contributed by atoms with E-state index in [-0.39, 0.29) is 11.3 Å². The lowest BCUT2D eigenvalue weighted by Gasteiger charge is -2.60. The van der Waals surface area contributed by atoms with Crippen molar-refractivity contribution in [3.8, 4) is 18.1 Å². The van der Waals surface area contributed by atoms with Crippen LogP contribution >= 0.6 is 11.6 Å². The summed E-state index contributed by atoms with van der Waals surface area (Å²) in [4.78, 5) is 33.3. The maximum atomic E-state index is 14.1. The number of terminal acetylenes is 1. The number of rotatable bonds is 8. The summed E-state index contributed by atoms with van der Waals surface area (Å²) >= 11 is 6.63. The zero-order chi connectivity index (χ0) is 25.6. The molecule has 192 valence electrons. The second-order valence-electron chi connectivity index (χ2n) is 11.6. The molecule has 7 heteroatoms. The van der Waals surface area contributed by atoms with Crippen LogP contribution in [0.1, 0.15) is 51.4 Å². The predicted molar refractivity (Wildman–Crippen MR) is 143 cm³/mol. The molecular weight excluding hydrogens is 486 g/mol. The minimum atomic E-state index is -0.751. The zero-order valence-electron chi connectivity index (χ0n) is 20.9. The molecule has 1 atom stereocenters. The molecular formula is C30H32ClN3O3. The molecule has 0 radical (unpaired) electrons. The van der Waals surface area contributed by atoms with Gasteiger partial charge in [-0.15, -0.1) is 6.42 Å². The van der Waals surface area contributed by atoms with Gasteiger partial charge in [0.05, 0.1) is 23.5 Å². The Balaban J connectivity index is 1.39. The molecule has 2 aromatic rings. The average Bonchev–Trinajstić information content (AvgIpc) is 3.70. The predicted octanol–water partition coefficient (Wildman–Crippen LogP) is 5.71. The second-order valence-corrected chi connectivity index (χ2v) is 12.0. The van der Waals surface area contributed by atoms with Crippen molar-refractivity contribution in [2.24, 2.45) is 29.1 Å². The maximum Gasteiger partial charge on any atom is 0.303 e. The minimum absolute atomic E-state index is 0.233. The fraction of sp³-hybridized carbons (Fsp3) is 0.500. The van der Waals surface area contributed by atoms with Gasteiger partial charge in [-0.05, 0) is 111 Å². The lowest BCUT2D eigenvalue weighted by atomic mass is 9.47. The molecule has 1 heterocycles. The van der Waals surface area contributed by atoms with Crippen molar-refractivity contribution in [2.45, 2.75) is 57.4 Å². The Morgan fingerprint density at radius 2 is 1.86 bits per heavy atom. The number of benzene rings is 1. The van der Waals surface area contributed by atoms with Gasteiger partial charge < -0.3 is 10.1 Å². The topological polar surface area (TPSA) is 71.5 Å². The normalized spacial score (nSPS) is 28.3. The molecule has 37 heavy (non-hydrogen) atoms. The first-order valence-electron chi connectivity index (χ1n) is 13.4. The van der Waals surface area contributed by atoms with E-state index in [1.807, 2.05) is 0 Å². The molecule has 7 rings (SSSR count). The Bertz CT molecular complexity index is 1200. The van der Waals surface area contributed by atoms with Gasteiger partial charge in [0.1, 0.15) is 11.8 Å². The number of nitrogens with zero attached hydrogens (tertiary/aromatic N) is 2. The third-order valence-corrected chi connectivity index (χ3v) is 9.10. The number of hydrogen-bond acceptors (Lipinski definition) is 4. The molecule has 4 bridgehead atoms. The third-order valence-electron chi connectivity index (χ3n) is 8.81. The van der Waals surface area contributed by atoms with Gasteiger partial charge in [0.15, 0.2) is 0 Å². The highest BCUT2D eigenvalue weighted by molar-refractivity contribution is 6.32. The monoisotopic (exact) mass is 517 g/mol. The van der Waals surface area contributed by atoms with Crippen LogP contribution in [0, 0.1) is 41.4 Å². The van der Waals surface area contributed by atoms with Crippen molar-refractivity contribution in [2.75, 3.05) is 16.8 Å². The molecule has 2 amide bonds. The van der Waals surface area contributed by atoms with Crippen molar-refractivity contribution >= 4 is 34.8 Å². The summed E-state index contributed by atoms with van der Waals surface area (Å²) in [6, 6.07) is 8.13. The Morgan fingerprint density at radius 3 is 2.43 bits per heavy atom. The quantitative estimate of drug-likeness (QED) is 0.455. The molecule has 1 aromatic heterocycles. The molecule has 5 fully saturated rings. The number of aromatic nitrogens is 1. The van der Waals surface area contributed by atoms with Crippen LogP contribution in [0.2, 0.25) is 5.02 Å². The number of amides is 2. The fourth-order valence-electron chi connectivity index (χ4n) is 7.53. The average molecular weight is 518 g/mol. The molecule has 0 saturated heterocycles. The van der Waals surface area contributed by atoms with Crippen LogP contribution in [0.4, 0.5) is 11.4 Å². The third kappa shape index (κ3) is 4.82. The molecule has 5 aliphatic carbocycles. The Labute approximate surface area is 223 Å². The minimum Gasteiger partial charge on any atom is -0.492 e. The molecule has 6 nitrogen and oxygen atoms in total. The van der Waals surface area contributed by atoms with Gasteiger partial charge in [0.2, 0.25) is 5.91 Å². The molecule has 0 aliphatic heterocycles. The summed E-state index contributed by atoms with van der Waals surface area (Å²) in [6.07, 6.45) is 17.8. The number of ether oxygens (including phenoxy) is 1. The second kappa shape index (κ2) is 9.68. The van der Waals surface area contributed by atoms with Gasteiger partial charge >= 0.3 is 5.91 Å². The smallest absolute Gasteiger partial charge is 0.303 e. The van der Waals surface area contributed by atoms with Crippen LogP contribution in [-0.4, -0.2) is 29.4 Å². The standard InChI is InChI=1S/C30H32ClN3O3/c1-2-27(35)34(24-7-8-26(25(31)13-24)37-18-19-5-6-19)28(29(36)33-23-4-3-9-32-17-23)30-14-20-10-21(15-30)12-22(11-20)16-30/h1,3-4,7-9,13,17,19-22,28H,5-6,10-12,14-16,18H2,(H,33,36). The largest absolute Gasteiger partial charge is 0.492 e. The van der Waals surface area contributed by atoms with E-state index in [1.54, 1.807) is 42.7 Å². The van der Waals surface area contributed by atoms with Crippen LogP contribution in [0.15, 0.2) is 42.7 Å². The molecule has 1 unspecified atom stereocenters. The zero-order valence-corrected chi connectivity index (χ0v) is 21.6. The number of halogens is 1. The Kier molecular flexibility index (Phi) is 6.36. The van der Waals surface area contributed by atoms with Crippen molar-refractivity contribution in [3.05, 3.63) is 47.7 Å². The van der Waals surface area contributed by atoms with Crippen molar-refractivity contribution in [3.63, 3.8) is 0 Å². The van der Waals surface area contributed by atoms with Gasteiger partial charge in [0.25, 0.3) is 0 Å². The Morgan fingerprint density at radius 1 is 1.16 bits per heavy atom. The van der Waals surface area contributed by atoms with Gasteiger partial charge in [-0.1, -0.05) is 11.6 Å². The van der Waals surface area contributed by atoms with E-state index < -0.39 is 11.9 Å². The SMILES string of the molecule is C#CC(=O)N(c1ccc(OCC2CC2)c(Cl)c1)C(C(=O)Nc1cccnc1)C12CC3CC(CC(C3)C1)C2. The van der Waals surface area contributed by atoms with E-state index in [4.69, 9.17) is 22.8 Å². The highest BCUT2D eigenvalue weighted by atomic mass is 35.5. The summed E-state index contributed by atoms with van der Waals surface area (Å²) in [5.74, 6) is 4.46. The van der Waals surface area contributed by atoms with E-state index in [9.17, 15) is 9.59 Å². The van der Waals surface area contributed by atoms with E-state index in [0.717, 1.165) is 19.3 Å². The number of pyridine rings is 1. The number of nitrogens with one attached hydrogen (secondary N) is 1. The molecule has 5 aliphatic rings. The van der Waals surface area contributed by atoms with Crippen molar-refractivity contribution in [1.82, 2.24) is 4.98 Å². The summed E-state index contributed by atoms with van der Waals surface area (Å²) in [6.45, 7) is 0.634. The van der Waals surface area contributed by atoms with Crippen molar-refractivity contribution < 1.29 is 14.3 Å². The summed E-state index contributed by atoms with van der Waals surface area (Å²) in [5, 5.41) is 3.45. The molecule has 1 aromatic carbocycles. The van der Waals surface area contributed by atoms with E-state index >= 15 is 0 Å². The van der Waals surface area contributed by atoms with Crippen molar-refractivity contribution in [1.29, 1.82) is 0 Å². The molecule has 1 N–H and O–H groups in total. The lowest BCUT2D eigenvalue weighted by molar-refractivity contribution is -0.132. The van der Waals surface area contributed by atoms with Gasteiger partial charge in [-0.25, -0.2) is 0 Å². The first-order valence-corrected chi connectivity index (χ1v) is 13.7. The van der Waals surface area contributed by atoms with E-state index in [0.29, 0.717) is 52.4 Å². The van der Waals surface area contributed by atoms with E-state index in [1.165, 1.54) is 37.0 Å². The lowest BCUT2D eigenvalue weighted by Crippen LogP contribution is -2.62. The highest BCUT2D eigenvalue weighted by Gasteiger charge is 2.58.